The molecule has 2 unspecified atom stereocenters. The van der Waals surface area contributed by atoms with Crippen LogP contribution in [0.15, 0.2) is 42.6 Å². The minimum Gasteiger partial charge on any atom is -0.478 e. The van der Waals surface area contributed by atoms with Crippen molar-refractivity contribution in [3.63, 3.8) is 0 Å². The van der Waals surface area contributed by atoms with Crippen molar-refractivity contribution in [2.75, 3.05) is 40.0 Å². The summed E-state index contributed by atoms with van der Waals surface area (Å²) in [5.41, 5.74) is 0.0197. The van der Waals surface area contributed by atoms with Gasteiger partial charge < -0.3 is 29.7 Å². The molecule has 0 bridgehead atoms. The molecule has 13 heteroatoms. The lowest BCUT2D eigenvalue weighted by molar-refractivity contribution is -0.144. The third kappa shape index (κ3) is 6.40. The second kappa shape index (κ2) is 12.8. The van der Waals surface area contributed by atoms with E-state index in [-0.39, 0.29) is 54.6 Å². The number of fused-ring (bicyclic) bond motifs is 2. The molecular formula is C33H37F3N4O6. The summed E-state index contributed by atoms with van der Waals surface area (Å²) in [6, 6.07) is 7.29. The highest BCUT2D eigenvalue weighted by Gasteiger charge is 2.59. The minimum absolute atomic E-state index is 0.00850. The number of alkyl halides is 3. The van der Waals surface area contributed by atoms with E-state index in [0.717, 1.165) is 18.7 Å². The number of halogens is 3. The lowest BCUT2D eigenvalue weighted by atomic mass is 9.78. The summed E-state index contributed by atoms with van der Waals surface area (Å²) in [7, 11) is 1.65. The van der Waals surface area contributed by atoms with E-state index < -0.39 is 23.1 Å². The van der Waals surface area contributed by atoms with Crippen LogP contribution >= 0.6 is 0 Å². The number of nitrogens with one attached hydrogen (secondary N) is 1. The Bertz CT molecular complexity index is 1520. The van der Waals surface area contributed by atoms with E-state index in [1.165, 1.54) is 18.2 Å². The van der Waals surface area contributed by atoms with E-state index in [1.54, 1.807) is 35.1 Å². The topological polar surface area (TPSA) is 121 Å². The van der Waals surface area contributed by atoms with Crippen molar-refractivity contribution < 1.29 is 42.1 Å². The SMILES string of the molecule is COC1COCCC1N[C@@H]1C[C@H]2CN(C(=O)/C=C/c3ccc(C(=O)O)cc3)C[C@@]2(C(=O)N2CCc3ncc(C(F)(F)F)cc3C2)C1. The molecule has 3 fully saturated rings. The number of ether oxygens (including phenoxy) is 2. The van der Waals surface area contributed by atoms with Gasteiger partial charge in [0.25, 0.3) is 0 Å². The fraction of sp³-hybridized carbons (Fsp3) is 0.515. The van der Waals surface area contributed by atoms with E-state index in [9.17, 15) is 27.6 Å². The standard InChI is InChI=1S/C33H37F3N4O6/c1-45-28-18-46-11-9-27(28)38-25-13-24-17-40(29(41)7-4-20-2-5-21(6-3-20)30(42)43)19-32(24,14-25)31(44)39-10-8-26-22(16-39)12-23(15-37-26)33(34,35)36/h2-7,12,15,24-25,27-28,38H,8-11,13-14,16-19H2,1H3,(H,42,43)/b7-4+/t24-,25+,27?,28?,32-/m0/s1. The fourth-order valence-corrected chi connectivity index (χ4v) is 7.51. The van der Waals surface area contributed by atoms with Gasteiger partial charge in [-0.25, -0.2) is 4.79 Å². The van der Waals surface area contributed by atoms with Gasteiger partial charge in [-0.3, -0.25) is 14.6 Å². The molecule has 1 aromatic heterocycles. The summed E-state index contributed by atoms with van der Waals surface area (Å²) in [5.74, 6) is -1.60. The Labute approximate surface area is 264 Å². The Morgan fingerprint density at radius 3 is 2.70 bits per heavy atom. The number of hydrogen-bond acceptors (Lipinski definition) is 7. The highest BCUT2D eigenvalue weighted by Crippen LogP contribution is 2.51. The van der Waals surface area contributed by atoms with Crippen molar-refractivity contribution in [2.45, 2.75) is 56.6 Å². The van der Waals surface area contributed by atoms with Crippen LogP contribution < -0.4 is 5.32 Å². The van der Waals surface area contributed by atoms with Crippen LogP contribution in [0.2, 0.25) is 0 Å². The number of carboxylic acids is 1. The van der Waals surface area contributed by atoms with E-state index in [2.05, 4.69) is 10.3 Å². The Morgan fingerprint density at radius 1 is 1.20 bits per heavy atom. The summed E-state index contributed by atoms with van der Waals surface area (Å²) in [6.07, 6.45) is 1.49. The fourth-order valence-electron chi connectivity index (χ4n) is 7.51. The van der Waals surface area contributed by atoms with E-state index >= 15 is 0 Å². The average Bonchev–Trinajstić information content (AvgIpc) is 3.58. The lowest BCUT2D eigenvalue weighted by Crippen LogP contribution is -2.52. The first kappa shape index (κ1) is 32.1. The zero-order valence-electron chi connectivity index (χ0n) is 25.5. The lowest BCUT2D eigenvalue weighted by Gasteiger charge is -2.37. The third-order valence-electron chi connectivity index (χ3n) is 9.90. The molecule has 0 spiro atoms. The van der Waals surface area contributed by atoms with Gasteiger partial charge in [0.05, 0.1) is 29.3 Å². The molecule has 1 aliphatic carbocycles. The van der Waals surface area contributed by atoms with Crippen LogP contribution in [-0.4, -0.2) is 95.8 Å². The predicted octanol–water partition coefficient (Wildman–Crippen LogP) is 3.40. The summed E-state index contributed by atoms with van der Waals surface area (Å²) in [6.45, 7) is 2.01. The largest absolute Gasteiger partial charge is 0.478 e. The molecule has 1 aromatic carbocycles. The van der Waals surface area contributed by atoms with Gasteiger partial charge >= 0.3 is 12.1 Å². The second-order valence-corrected chi connectivity index (χ2v) is 12.7. The molecule has 2 N–H and O–H groups in total. The Hall–Kier alpha value is -3.81. The first-order valence-electron chi connectivity index (χ1n) is 15.5. The molecule has 2 amide bonds. The molecular weight excluding hydrogens is 605 g/mol. The summed E-state index contributed by atoms with van der Waals surface area (Å²) in [5, 5.41) is 12.8. The molecule has 246 valence electrons. The molecule has 1 saturated carbocycles. The summed E-state index contributed by atoms with van der Waals surface area (Å²) < 4.78 is 51.6. The molecule has 3 aliphatic heterocycles. The maximum atomic E-state index is 14.5. The molecule has 4 heterocycles. The van der Waals surface area contributed by atoms with Gasteiger partial charge in [0.2, 0.25) is 11.8 Å². The van der Waals surface area contributed by atoms with Crippen LogP contribution in [0.1, 0.15) is 52.0 Å². The smallest absolute Gasteiger partial charge is 0.417 e. The van der Waals surface area contributed by atoms with Gasteiger partial charge in [-0.05, 0) is 60.6 Å². The number of aromatic carboxylic acids is 1. The van der Waals surface area contributed by atoms with Gasteiger partial charge in [-0.1, -0.05) is 12.1 Å². The number of rotatable bonds is 7. The molecule has 5 atom stereocenters. The van der Waals surface area contributed by atoms with Crippen LogP contribution in [0.25, 0.3) is 6.08 Å². The number of nitrogens with zero attached hydrogens (tertiary/aromatic N) is 3. The Kier molecular flexibility index (Phi) is 8.92. The van der Waals surface area contributed by atoms with E-state index in [0.29, 0.717) is 62.4 Å². The maximum absolute atomic E-state index is 14.5. The van der Waals surface area contributed by atoms with Crippen molar-refractivity contribution in [1.82, 2.24) is 20.1 Å². The van der Waals surface area contributed by atoms with Crippen molar-refractivity contribution >= 4 is 23.9 Å². The van der Waals surface area contributed by atoms with Crippen molar-refractivity contribution in [2.24, 2.45) is 11.3 Å². The highest BCUT2D eigenvalue weighted by molar-refractivity contribution is 5.94. The monoisotopic (exact) mass is 642 g/mol. The maximum Gasteiger partial charge on any atom is 0.417 e. The molecule has 46 heavy (non-hydrogen) atoms. The minimum atomic E-state index is -4.54. The number of methoxy groups -OCH3 is 1. The second-order valence-electron chi connectivity index (χ2n) is 12.7. The van der Waals surface area contributed by atoms with Gasteiger partial charge in [0.15, 0.2) is 0 Å². The number of aromatic nitrogens is 1. The summed E-state index contributed by atoms with van der Waals surface area (Å²) >= 11 is 0. The number of carboxylic acid groups (broad SMARTS) is 1. The average molecular weight is 643 g/mol. The first-order chi connectivity index (χ1) is 22.0. The zero-order valence-corrected chi connectivity index (χ0v) is 25.5. The Morgan fingerprint density at radius 2 is 1.98 bits per heavy atom. The molecule has 4 aliphatic rings. The van der Waals surface area contributed by atoms with Gasteiger partial charge in [-0.15, -0.1) is 0 Å². The quantitative estimate of drug-likeness (QED) is 0.441. The number of benzene rings is 1. The molecule has 10 nitrogen and oxygen atoms in total. The van der Waals surface area contributed by atoms with Gasteiger partial charge in [0, 0.05) is 76.4 Å². The molecule has 2 aromatic rings. The predicted molar refractivity (Wildman–Crippen MR) is 159 cm³/mol. The zero-order chi connectivity index (χ0) is 32.6. The van der Waals surface area contributed by atoms with Crippen LogP contribution in [0.4, 0.5) is 13.2 Å². The van der Waals surface area contributed by atoms with Gasteiger partial charge in [-0.2, -0.15) is 13.2 Å². The molecule has 0 radical (unpaired) electrons. The molecule has 6 rings (SSSR count). The van der Waals surface area contributed by atoms with Crippen molar-refractivity contribution in [1.29, 1.82) is 0 Å². The third-order valence-corrected chi connectivity index (χ3v) is 9.90. The van der Waals surface area contributed by atoms with Crippen LogP contribution in [0, 0.1) is 11.3 Å². The van der Waals surface area contributed by atoms with E-state index in [1.807, 2.05) is 0 Å². The number of pyridine rings is 1. The van der Waals surface area contributed by atoms with Crippen LogP contribution in [0.3, 0.4) is 0 Å². The van der Waals surface area contributed by atoms with Crippen molar-refractivity contribution in [3.05, 3.63) is 70.6 Å². The van der Waals surface area contributed by atoms with Gasteiger partial charge in [0.1, 0.15) is 0 Å². The number of likely N-dealkylation sites (tertiary alicyclic amines) is 1. The van der Waals surface area contributed by atoms with Crippen LogP contribution in [0.5, 0.6) is 0 Å². The normalized spacial score (nSPS) is 27.9. The number of carbonyl (C=O) groups excluding carboxylic acids is 2. The Balaban J connectivity index is 1.22. The van der Waals surface area contributed by atoms with Crippen molar-refractivity contribution in [3.8, 4) is 0 Å². The highest BCUT2D eigenvalue weighted by atomic mass is 19.4. The number of carbonyl (C=O) groups is 3. The summed E-state index contributed by atoms with van der Waals surface area (Å²) in [4.78, 5) is 46.4. The number of hydrogen-bond donors (Lipinski definition) is 2. The molecule has 2 saturated heterocycles. The number of amides is 2. The van der Waals surface area contributed by atoms with E-state index in [4.69, 9.17) is 14.6 Å². The first-order valence-corrected chi connectivity index (χ1v) is 15.5. The van der Waals surface area contributed by atoms with Crippen LogP contribution in [-0.2, 0) is 38.2 Å².